The van der Waals surface area contributed by atoms with Gasteiger partial charge < -0.3 is 9.64 Å². The van der Waals surface area contributed by atoms with Crippen molar-refractivity contribution in [1.82, 2.24) is 10.2 Å². The van der Waals surface area contributed by atoms with Gasteiger partial charge in [-0.1, -0.05) is 36.4 Å². The van der Waals surface area contributed by atoms with Gasteiger partial charge in [-0.05, 0) is 17.7 Å². The van der Waals surface area contributed by atoms with E-state index in [1.807, 2.05) is 24.3 Å². The molecule has 6 nitrogen and oxygen atoms in total. The number of fused-ring (bicyclic) bond motifs is 1. The third kappa shape index (κ3) is 3.59. The van der Waals surface area contributed by atoms with Crippen LogP contribution >= 0.6 is 0 Å². The van der Waals surface area contributed by atoms with Crippen molar-refractivity contribution >= 4 is 28.5 Å². The zero-order valence-electron chi connectivity index (χ0n) is 13.8. The lowest BCUT2D eigenvalue weighted by Crippen LogP contribution is -2.36. The van der Waals surface area contributed by atoms with Gasteiger partial charge in [0, 0.05) is 29.5 Å². The first-order valence-electron chi connectivity index (χ1n) is 8.32. The highest BCUT2D eigenvalue weighted by Crippen LogP contribution is 2.19. The number of anilines is 2. The fourth-order valence-electron chi connectivity index (χ4n) is 2.87. The first-order valence-corrected chi connectivity index (χ1v) is 8.32. The summed E-state index contributed by atoms with van der Waals surface area (Å²) in [7, 11) is 0. The van der Waals surface area contributed by atoms with Crippen LogP contribution in [0.25, 0.3) is 10.8 Å². The zero-order valence-corrected chi connectivity index (χ0v) is 13.8. The molecule has 1 fully saturated rings. The van der Waals surface area contributed by atoms with Gasteiger partial charge in [-0.25, -0.2) is 0 Å². The summed E-state index contributed by atoms with van der Waals surface area (Å²) in [6.45, 7) is 3.46. The molecule has 0 spiro atoms. The van der Waals surface area contributed by atoms with Crippen LogP contribution in [0.15, 0.2) is 59.8 Å². The van der Waals surface area contributed by atoms with Crippen molar-refractivity contribution in [3.05, 3.63) is 60.3 Å². The fraction of sp³-hybridized carbons (Fsp3) is 0.211. The lowest BCUT2D eigenvalue weighted by Gasteiger charge is -2.28. The summed E-state index contributed by atoms with van der Waals surface area (Å²) in [5.74, 6) is 0.652. The molecular formula is C19H19N5O. The summed E-state index contributed by atoms with van der Waals surface area (Å²) in [5.41, 5.74) is 5.22. The second-order valence-corrected chi connectivity index (χ2v) is 5.84. The van der Waals surface area contributed by atoms with Crippen LogP contribution in [-0.2, 0) is 4.74 Å². The summed E-state index contributed by atoms with van der Waals surface area (Å²) >= 11 is 0. The number of benzene rings is 2. The maximum Gasteiger partial charge on any atom is 0.176 e. The molecule has 2 aromatic carbocycles. The van der Waals surface area contributed by atoms with E-state index >= 15 is 0 Å². The maximum absolute atomic E-state index is 5.39. The second kappa shape index (κ2) is 7.27. The molecule has 25 heavy (non-hydrogen) atoms. The fourth-order valence-corrected chi connectivity index (χ4v) is 2.87. The van der Waals surface area contributed by atoms with Crippen molar-refractivity contribution in [2.75, 3.05) is 36.6 Å². The predicted octanol–water partition coefficient (Wildman–Crippen LogP) is 2.91. The number of nitrogens with one attached hydrogen (secondary N) is 1. The molecule has 1 aromatic heterocycles. The third-order valence-corrected chi connectivity index (χ3v) is 4.22. The van der Waals surface area contributed by atoms with E-state index in [2.05, 4.69) is 49.9 Å². The van der Waals surface area contributed by atoms with Gasteiger partial charge in [-0.2, -0.15) is 10.2 Å². The van der Waals surface area contributed by atoms with E-state index in [-0.39, 0.29) is 0 Å². The summed E-state index contributed by atoms with van der Waals surface area (Å²) < 4.78 is 5.39. The molecule has 3 aromatic rings. The molecule has 1 N–H and O–H groups in total. The largest absolute Gasteiger partial charge is 0.378 e. The van der Waals surface area contributed by atoms with Crippen LogP contribution in [0.3, 0.4) is 0 Å². The van der Waals surface area contributed by atoms with Gasteiger partial charge in [0.25, 0.3) is 0 Å². The molecule has 0 amide bonds. The first-order chi connectivity index (χ1) is 12.4. The Kier molecular flexibility index (Phi) is 4.52. The zero-order chi connectivity index (χ0) is 16.9. The van der Waals surface area contributed by atoms with Gasteiger partial charge in [0.2, 0.25) is 0 Å². The minimum Gasteiger partial charge on any atom is -0.378 e. The van der Waals surface area contributed by atoms with Crippen LogP contribution in [0, 0.1) is 0 Å². The SMILES string of the molecule is C(=NNc1nncc2ccccc12)c1ccc(N2CCOCC2)cc1. The van der Waals surface area contributed by atoms with E-state index in [9.17, 15) is 0 Å². The van der Waals surface area contributed by atoms with E-state index < -0.39 is 0 Å². The predicted molar refractivity (Wildman–Crippen MR) is 100 cm³/mol. The maximum atomic E-state index is 5.39. The minimum absolute atomic E-state index is 0.652. The van der Waals surface area contributed by atoms with Gasteiger partial charge >= 0.3 is 0 Å². The van der Waals surface area contributed by atoms with Crippen molar-refractivity contribution in [3.8, 4) is 0 Å². The van der Waals surface area contributed by atoms with E-state index in [1.165, 1.54) is 5.69 Å². The molecule has 1 aliphatic heterocycles. The molecule has 0 aliphatic carbocycles. The smallest absolute Gasteiger partial charge is 0.176 e. The lowest BCUT2D eigenvalue weighted by atomic mass is 10.2. The van der Waals surface area contributed by atoms with Gasteiger partial charge in [0.15, 0.2) is 5.82 Å². The van der Waals surface area contributed by atoms with Crippen LogP contribution in [0.1, 0.15) is 5.56 Å². The number of hydrazone groups is 1. The highest BCUT2D eigenvalue weighted by Gasteiger charge is 2.10. The number of aromatic nitrogens is 2. The summed E-state index contributed by atoms with van der Waals surface area (Å²) in [4.78, 5) is 2.33. The van der Waals surface area contributed by atoms with Crippen LogP contribution in [0.5, 0.6) is 0 Å². The Morgan fingerprint density at radius 2 is 1.84 bits per heavy atom. The van der Waals surface area contributed by atoms with Crippen molar-refractivity contribution < 1.29 is 4.74 Å². The summed E-state index contributed by atoms with van der Waals surface area (Å²) in [6, 6.07) is 16.3. The molecule has 4 rings (SSSR count). The Morgan fingerprint density at radius 1 is 1.04 bits per heavy atom. The monoisotopic (exact) mass is 333 g/mol. The van der Waals surface area contributed by atoms with Crippen molar-refractivity contribution in [2.24, 2.45) is 5.10 Å². The molecule has 2 heterocycles. The second-order valence-electron chi connectivity index (χ2n) is 5.84. The Balaban J connectivity index is 1.44. The third-order valence-electron chi connectivity index (χ3n) is 4.22. The van der Waals surface area contributed by atoms with E-state index in [4.69, 9.17) is 4.74 Å². The first kappa shape index (κ1) is 15.5. The van der Waals surface area contributed by atoms with Gasteiger partial charge in [-0.3, -0.25) is 5.43 Å². The van der Waals surface area contributed by atoms with Crippen molar-refractivity contribution in [1.29, 1.82) is 0 Å². The van der Waals surface area contributed by atoms with Crippen LogP contribution in [-0.4, -0.2) is 42.7 Å². The normalized spacial score (nSPS) is 15.0. The molecule has 6 heteroatoms. The number of rotatable bonds is 4. The molecule has 1 aliphatic rings. The van der Waals surface area contributed by atoms with E-state index in [0.717, 1.165) is 42.6 Å². The van der Waals surface area contributed by atoms with E-state index in [0.29, 0.717) is 5.82 Å². The molecule has 126 valence electrons. The molecule has 0 radical (unpaired) electrons. The molecule has 0 atom stereocenters. The van der Waals surface area contributed by atoms with Gasteiger partial charge in [0.05, 0.1) is 25.6 Å². The number of nitrogens with zero attached hydrogens (tertiary/aromatic N) is 4. The average molecular weight is 333 g/mol. The topological polar surface area (TPSA) is 62.6 Å². The quantitative estimate of drug-likeness (QED) is 0.587. The highest BCUT2D eigenvalue weighted by atomic mass is 16.5. The molecule has 1 saturated heterocycles. The highest BCUT2D eigenvalue weighted by molar-refractivity contribution is 5.91. The van der Waals surface area contributed by atoms with Crippen molar-refractivity contribution in [2.45, 2.75) is 0 Å². The minimum atomic E-state index is 0.652. The lowest BCUT2D eigenvalue weighted by molar-refractivity contribution is 0.122. The molecule has 0 unspecified atom stereocenters. The molecule has 0 bridgehead atoms. The Labute approximate surface area is 146 Å². The molecular weight excluding hydrogens is 314 g/mol. The Bertz CT molecular complexity index is 867. The molecule has 0 saturated carbocycles. The summed E-state index contributed by atoms with van der Waals surface area (Å²) in [6.07, 6.45) is 3.53. The van der Waals surface area contributed by atoms with E-state index in [1.54, 1.807) is 12.4 Å². The van der Waals surface area contributed by atoms with Gasteiger partial charge in [-0.15, -0.1) is 5.10 Å². The number of ether oxygens (including phenoxy) is 1. The Morgan fingerprint density at radius 3 is 2.68 bits per heavy atom. The average Bonchev–Trinajstić information content (AvgIpc) is 2.69. The van der Waals surface area contributed by atoms with Crippen LogP contribution < -0.4 is 10.3 Å². The number of hydrogen-bond donors (Lipinski definition) is 1. The standard InChI is InChI=1S/C19H19N5O/c1-2-4-18-16(3-1)14-21-23-19(18)22-20-13-15-5-7-17(8-6-15)24-9-11-25-12-10-24/h1-8,13-14H,9-12H2,(H,22,23). The van der Waals surface area contributed by atoms with Crippen LogP contribution in [0.2, 0.25) is 0 Å². The number of hydrogen-bond acceptors (Lipinski definition) is 6. The number of morpholine rings is 1. The summed E-state index contributed by atoms with van der Waals surface area (Å²) in [5, 5.41) is 14.4. The van der Waals surface area contributed by atoms with Crippen LogP contribution in [0.4, 0.5) is 11.5 Å². The van der Waals surface area contributed by atoms with Crippen molar-refractivity contribution in [3.63, 3.8) is 0 Å². The van der Waals surface area contributed by atoms with Gasteiger partial charge in [0.1, 0.15) is 0 Å². The Hall–Kier alpha value is -2.99.